The molecule has 7 heavy (non-hydrogen) atoms. The van der Waals surface area contributed by atoms with Gasteiger partial charge >= 0.3 is 12.1 Å². The van der Waals surface area contributed by atoms with Crippen LogP contribution in [0.4, 0.5) is 0 Å². The molecule has 0 rings (SSSR count). The summed E-state index contributed by atoms with van der Waals surface area (Å²) in [5.74, 6) is 0. The maximum Gasteiger partial charge on any atom is 0.318 e. The monoisotopic (exact) mass is 98.0 g/mol. The molecule has 4 heteroatoms. The Morgan fingerprint density at radius 2 is 1.57 bits per heavy atom. The summed E-state index contributed by atoms with van der Waals surface area (Å²) in [7, 11) is 0. The Morgan fingerprint density at radius 3 is 1.86 bits per heavy atom. The van der Waals surface area contributed by atoms with Crippen molar-refractivity contribution in [3.05, 3.63) is 20.4 Å². The van der Waals surface area contributed by atoms with E-state index in [0.29, 0.717) is 0 Å². The van der Waals surface area contributed by atoms with Crippen LogP contribution in [0, 0.1) is 22.6 Å². The van der Waals surface area contributed by atoms with Crippen molar-refractivity contribution in [3.63, 3.8) is 0 Å². The van der Waals surface area contributed by atoms with Gasteiger partial charge in [-0.25, -0.2) is 0 Å². The smallest absolute Gasteiger partial charge is 0.318 e. The zero-order valence-corrected chi connectivity index (χ0v) is 3.42. The molecule has 0 saturated carbocycles. The van der Waals surface area contributed by atoms with Gasteiger partial charge in [-0.15, -0.1) is 0 Å². The van der Waals surface area contributed by atoms with Crippen molar-refractivity contribution in [3.8, 4) is 12.1 Å². The van der Waals surface area contributed by atoms with Crippen molar-refractivity contribution in [2.45, 2.75) is 6.42 Å². The average molecular weight is 98.1 g/mol. The molecule has 0 atom stereocenters. The minimum Gasteiger partial charge on any atom is -0.498 e. The maximum atomic E-state index is 9.13. The van der Waals surface area contributed by atoms with Crippen LogP contribution in [-0.2, 0) is 0 Å². The Hall–Kier alpha value is -1.42. The van der Waals surface area contributed by atoms with Crippen LogP contribution in [-0.4, -0.2) is 0 Å². The van der Waals surface area contributed by atoms with Crippen LogP contribution < -0.4 is 0 Å². The lowest BCUT2D eigenvalue weighted by molar-refractivity contribution is 1.54. The van der Waals surface area contributed by atoms with Crippen molar-refractivity contribution >= 4 is 0 Å². The highest BCUT2D eigenvalue weighted by molar-refractivity contribution is 5.01. The Balaban J connectivity index is 3.21. The van der Waals surface area contributed by atoms with Crippen molar-refractivity contribution in [1.82, 2.24) is 0 Å². The van der Waals surface area contributed by atoms with E-state index < -0.39 is 0 Å². The topological polar surface area (TPSA) is 54.8 Å². The molecule has 0 spiro atoms. The van der Waals surface area contributed by atoms with E-state index in [1.54, 1.807) is 0 Å². The highest BCUT2D eigenvalue weighted by Gasteiger charge is 1.82. The third-order valence-corrected chi connectivity index (χ3v) is 0.287. The third-order valence-electron chi connectivity index (χ3n) is 0.287. The molecule has 0 heterocycles. The number of hydrogen-bond acceptors (Lipinski definition) is 2. The average Bonchev–Trinajstić information content (AvgIpc) is 1.69. The Morgan fingerprint density at radius 1 is 1.14 bits per heavy atom. The maximum absolute atomic E-state index is 9.13. The van der Waals surface area contributed by atoms with Crippen LogP contribution in [0.15, 0.2) is 0 Å². The van der Waals surface area contributed by atoms with Crippen LogP contribution in [0.5, 0.6) is 0 Å². The van der Waals surface area contributed by atoms with Gasteiger partial charge in [-0.3, -0.25) is 0 Å². The molecule has 36 valence electrons. The number of hydrogen-bond donors (Lipinski definition) is 0. The molecule has 0 amide bonds. The van der Waals surface area contributed by atoms with Crippen molar-refractivity contribution in [2.24, 2.45) is 0 Å². The molecule has 0 aliphatic heterocycles. The summed E-state index contributed by atoms with van der Waals surface area (Å²) in [5, 5.41) is 22.7. The SMILES string of the molecule is [O-][N+]#CCC#[N+][O-]. The fourth-order valence-corrected chi connectivity index (χ4v) is 0.0999. The van der Waals surface area contributed by atoms with Gasteiger partial charge in [0.15, 0.2) is 0 Å². The van der Waals surface area contributed by atoms with E-state index in [-0.39, 0.29) is 6.42 Å². The van der Waals surface area contributed by atoms with Gasteiger partial charge in [0.25, 0.3) is 0 Å². The molecule has 0 fully saturated rings. The molecular weight excluding hydrogens is 96.0 g/mol. The van der Waals surface area contributed by atoms with Gasteiger partial charge in [0, 0.05) is 10.0 Å². The van der Waals surface area contributed by atoms with E-state index in [9.17, 15) is 0 Å². The summed E-state index contributed by atoms with van der Waals surface area (Å²) in [6.45, 7) is 0. The van der Waals surface area contributed by atoms with Crippen LogP contribution in [0.1, 0.15) is 6.42 Å². The molecular formula is C3H2N2O2. The van der Waals surface area contributed by atoms with Gasteiger partial charge in [-0.05, 0) is 0 Å². The predicted octanol–water partition coefficient (Wildman–Crippen LogP) is 1.04. The standard InChI is InChI=1S/C3H2N2O2/c6-4-2-1-3-5-7/h1H2. The molecule has 0 bridgehead atoms. The van der Waals surface area contributed by atoms with E-state index in [2.05, 4.69) is 10.0 Å². The van der Waals surface area contributed by atoms with E-state index in [1.807, 2.05) is 12.1 Å². The van der Waals surface area contributed by atoms with Gasteiger partial charge in [0.05, 0.1) is 0 Å². The van der Waals surface area contributed by atoms with Crippen molar-refractivity contribution in [2.75, 3.05) is 0 Å². The first kappa shape index (κ1) is 5.58. The second-order valence-corrected chi connectivity index (χ2v) is 0.676. The summed E-state index contributed by atoms with van der Waals surface area (Å²) >= 11 is 0. The first-order valence-electron chi connectivity index (χ1n) is 1.52. The summed E-state index contributed by atoms with van der Waals surface area (Å²) in [6.07, 6.45) is -0.0208. The molecule has 0 aromatic carbocycles. The van der Waals surface area contributed by atoms with Gasteiger partial charge in [0.2, 0.25) is 6.42 Å². The van der Waals surface area contributed by atoms with Gasteiger partial charge in [-0.2, -0.15) is 0 Å². The van der Waals surface area contributed by atoms with Gasteiger partial charge in [0.1, 0.15) is 0 Å². The third kappa shape index (κ3) is 4.58. The first-order chi connectivity index (χ1) is 3.41. The zero-order valence-electron chi connectivity index (χ0n) is 3.42. The highest BCUT2D eigenvalue weighted by Crippen LogP contribution is 1.70. The van der Waals surface area contributed by atoms with Gasteiger partial charge < -0.3 is 10.4 Å². The fourth-order valence-electron chi connectivity index (χ4n) is 0.0999. The largest absolute Gasteiger partial charge is 0.498 e. The first-order valence-corrected chi connectivity index (χ1v) is 1.52. The minimum absolute atomic E-state index is 0.0208. The molecule has 0 saturated heterocycles. The minimum atomic E-state index is -0.0208. The van der Waals surface area contributed by atoms with Crippen molar-refractivity contribution < 1.29 is 0 Å². The lowest BCUT2D eigenvalue weighted by Crippen LogP contribution is -1.50. The molecule has 0 unspecified atom stereocenters. The Labute approximate surface area is 40.2 Å². The van der Waals surface area contributed by atoms with Crippen LogP contribution in [0.25, 0.3) is 10.0 Å². The molecule has 0 radical (unpaired) electrons. The van der Waals surface area contributed by atoms with Gasteiger partial charge in [-0.1, -0.05) is 0 Å². The molecule has 4 nitrogen and oxygen atoms in total. The fraction of sp³-hybridized carbons (Fsp3) is 0.333. The quantitative estimate of drug-likeness (QED) is 0.425. The normalized spacial score (nSPS) is 4.57. The van der Waals surface area contributed by atoms with E-state index >= 15 is 0 Å². The Bertz CT molecular complexity index is 126. The molecule has 0 aromatic heterocycles. The summed E-state index contributed by atoms with van der Waals surface area (Å²) in [5.41, 5.74) is 0. The second-order valence-electron chi connectivity index (χ2n) is 0.676. The predicted molar refractivity (Wildman–Crippen MR) is 25.8 cm³/mol. The van der Waals surface area contributed by atoms with E-state index in [1.165, 1.54) is 0 Å². The van der Waals surface area contributed by atoms with Crippen LogP contribution in [0.3, 0.4) is 0 Å². The van der Waals surface area contributed by atoms with E-state index in [0.717, 1.165) is 0 Å². The Kier molecular flexibility index (Phi) is 3.65. The van der Waals surface area contributed by atoms with Crippen LogP contribution in [0.2, 0.25) is 0 Å². The van der Waals surface area contributed by atoms with Crippen LogP contribution >= 0.6 is 0 Å². The molecule has 0 N–H and O–H groups in total. The lowest BCUT2D eigenvalue weighted by atomic mass is 10.5. The lowest BCUT2D eigenvalue weighted by Gasteiger charge is -1.50. The summed E-state index contributed by atoms with van der Waals surface area (Å²) in [4.78, 5) is 0. The van der Waals surface area contributed by atoms with Crippen molar-refractivity contribution in [1.29, 1.82) is 0 Å². The molecule has 0 aliphatic carbocycles. The number of rotatable bonds is 0. The summed E-state index contributed by atoms with van der Waals surface area (Å²) < 4.78 is 0. The molecule has 0 aromatic rings. The number of nitrogens with zero attached hydrogens (tertiary/aromatic N) is 2. The zero-order chi connectivity index (χ0) is 5.54. The van der Waals surface area contributed by atoms with E-state index in [4.69, 9.17) is 10.4 Å². The summed E-state index contributed by atoms with van der Waals surface area (Å²) in [6, 6.07) is 3.83. The highest BCUT2D eigenvalue weighted by atomic mass is 16.4. The second kappa shape index (κ2) is 4.58. The molecule has 0 aliphatic rings.